The van der Waals surface area contributed by atoms with Gasteiger partial charge in [-0.05, 0) is 24.6 Å². The highest BCUT2D eigenvalue weighted by Crippen LogP contribution is 2.33. The highest BCUT2D eigenvalue weighted by atomic mass is 32.2. The van der Waals surface area contributed by atoms with Crippen molar-refractivity contribution in [3.63, 3.8) is 0 Å². The molecule has 12 heteroatoms. The molecule has 1 aliphatic heterocycles. The monoisotopic (exact) mass is 511 g/mol. The topological polar surface area (TPSA) is 149 Å². The average molecular weight is 512 g/mol. The predicted molar refractivity (Wildman–Crippen MR) is 129 cm³/mol. The number of ether oxygens (including phenoxy) is 1. The molecule has 0 unspecified atom stereocenters. The number of nitrogens with one attached hydrogen (secondary N) is 1. The standard InChI is InChI=1S/C24H25N5O6S/c1-15-7-9-17(10-8-15)36(32,33)34-12-18-20(30)21(31)24(35-18)29-14-28-19-22(26-13-27-23(19)29)25-11-16-5-3-2-4-6-16/h2-10,13-14,18,20-21,24,30-31H,11-12H2,1H3,(H,25,26,27)/t18-,20-,21-,24-/m1/s1. The summed E-state index contributed by atoms with van der Waals surface area (Å²) < 4.78 is 37.4. The van der Waals surface area contributed by atoms with Crippen molar-refractivity contribution in [2.75, 3.05) is 11.9 Å². The Kier molecular flexibility index (Phi) is 6.69. The van der Waals surface area contributed by atoms with E-state index < -0.39 is 41.3 Å². The molecule has 1 saturated heterocycles. The summed E-state index contributed by atoms with van der Waals surface area (Å²) in [6.07, 6.45) is -2.12. The molecule has 2 aromatic heterocycles. The summed E-state index contributed by atoms with van der Waals surface area (Å²) in [5, 5.41) is 24.4. The molecule has 1 aliphatic rings. The number of hydrogen-bond donors (Lipinski definition) is 3. The molecule has 0 bridgehead atoms. The summed E-state index contributed by atoms with van der Waals surface area (Å²) in [7, 11) is -4.07. The van der Waals surface area contributed by atoms with Crippen LogP contribution >= 0.6 is 0 Å². The molecule has 2 aromatic carbocycles. The van der Waals surface area contributed by atoms with Crippen molar-refractivity contribution in [3.05, 3.63) is 78.4 Å². The van der Waals surface area contributed by atoms with Crippen molar-refractivity contribution < 1.29 is 27.6 Å². The third kappa shape index (κ3) is 4.81. The van der Waals surface area contributed by atoms with Gasteiger partial charge in [0.2, 0.25) is 0 Å². The van der Waals surface area contributed by atoms with Crippen LogP contribution in [0.2, 0.25) is 0 Å². The van der Waals surface area contributed by atoms with Crippen molar-refractivity contribution >= 4 is 27.1 Å². The SMILES string of the molecule is Cc1ccc(S(=O)(=O)OC[C@H]2O[C@@H](n3cnc4c(NCc5ccccc5)ncnc43)[C@H](O)[C@@H]2O)cc1. The lowest BCUT2D eigenvalue weighted by Crippen LogP contribution is -2.34. The number of anilines is 1. The Balaban J connectivity index is 1.31. The summed E-state index contributed by atoms with van der Waals surface area (Å²) in [5.74, 6) is 0.500. The zero-order valence-corrected chi connectivity index (χ0v) is 20.1. The number of fused-ring (bicyclic) bond motifs is 1. The number of benzene rings is 2. The van der Waals surface area contributed by atoms with E-state index in [0.717, 1.165) is 11.1 Å². The highest BCUT2D eigenvalue weighted by molar-refractivity contribution is 7.86. The number of aromatic nitrogens is 4. The Bertz CT molecular complexity index is 1450. The molecule has 4 aromatic rings. The van der Waals surface area contributed by atoms with Crippen LogP contribution in [0.15, 0.2) is 72.1 Å². The van der Waals surface area contributed by atoms with Gasteiger partial charge in [0.05, 0.1) is 17.8 Å². The molecule has 0 aliphatic carbocycles. The van der Waals surface area contributed by atoms with E-state index in [1.54, 1.807) is 12.1 Å². The second kappa shape index (κ2) is 9.91. The Labute approximate surface area is 207 Å². The first-order valence-corrected chi connectivity index (χ1v) is 12.7. The summed E-state index contributed by atoms with van der Waals surface area (Å²) in [6.45, 7) is 1.89. The zero-order chi connectivity index (χ0) is 25.3. The van der Waals surface area contributed by atoms with Crippen LogP contribution in [0.1, 0.15) is 17.4 Å². The second-order valence-corrected chi connectivity index (χ2v) is 10.1. The quantitative estimate of drug-likeness (QED) is 0.299. The largest absolute Gasteiger partial charge is 0.387 e. The first kappa shape index (κ1) is 24.3. The molecule has 0 amide bonds. The van der Waals surface area contributed by atoms with Crippen LogP contribution in [0.3, 0.4) is 0 Å². The summed E-state index contributed by atoms with van der Waals surface area (Å²) in [5.41, 5.74) is 2.81. The number of hydrogen-bond acceptors (Lipinski definition) is 10. The van der Waals surface area contributed by atoms with E-state index in [1.807, 2.05) is 37.3 Å². The fourth-order valence-corrected chi connectivity index (χ4v) is 4.89. The Morgan fingerprint density at radius 3 is 2.53 bits per heavy atom. The third-order valence-electron chi connectivity index (χ3n) is 5.97. The van der Waals surface area contributed by atoms with Gasteiger partial charge in [-0.3, -0.25) is 8.75 Å². The van der Waals surface area contributed by atoms with E-state index in [1.165, 1.54) is 29.4 Å². The van der Waals surface area contributed by atoms with Crippen LogP contribution in [0, 0.1) is 6.92 Å². The first-order valence-electron chi connectivity index (χ1n) is 11.3. The smallest absolute Gasteiger partial charge is 0.297 e. The minimum atomic E-state index is -4.07. The lowest BCUT2D eigenvalue weighted by atomic mass is 10.1. The number of rotatable bonds is 8. The number of aryl methyl sites for hydroxylation is 1. The van der Waals surface area contributed by atoms with E-state index in [0.29, 0.717) is 23.5 Å². The molecular weight excluding hydrogens is 486 g/mol. The molecular formula is C24H25N5O6S. The van der Waals surface area contributed by atoms with Crippen LogP contribution in [-0.2, 0) is 25.6 Å². The van der Waals surface area contributed by atoms with Crippen molar-refractivity contribution in [1.29, 1.82) is 0 Å². The Hall–Kier alpha value is -3.42. The van der Waals surface area contributed by atoms with Crippen molar-refractivity contribution in [3.8, 4) is 0 Å². The summed E-state index contributed by atoms with van der Waals surface area (Å²) in [4.78, 5) is 12.9. The maximum absolute atomic E-state index is 12.5. The van der Waals surface area contributed by atoms with Gasteiger partial charge in [-0.15, -0.1) is 0 Å². The van der Waals surface area contributed by atoms with Crippen LogP contribution in [0.25, 0.3) is 11.2 Å². The van der Waals surface area contributed by atoms with Crippen molar-refractivity contribution in [2.45, 2.75) is 42.9 Å². The van der Waals surface area contributed by atoms with Gasteiger partial charge in [0.25, 0.3) is 10.1 Å². The molecule has 0 spiro atoms. The van der Waals surface area contributed by atoms with E-state index in [-0.39, 0.29) is 4.90 Å². The molecule has 4 atom stereocenters. The molecule has 188 valence electrons. The van der Waals surface area contributed by atoms with Crippen molar-refractivity contribution in [2.24, 2.45) is 0 Å². The van der Waals surface area contributed by atoms with Crippen LogP contribution in [-0.4, -0.2) is 63.1 Å². The van der Waals surface area contributed by atoms with Gasteiger partial charge >= 0.3 is 0 Å². The van der Waals surface area contributed by atoms with Crippen LogP contribution < -0.4 is 5.32 Å². The van der Waals surface area contributed by atoms with E-state index in [2.05, 4.69) is 20.3 Å². The predicted octanol–water partition coefficient (Wildman–Crippen LogP) is 1.77. The van der Waals surface area contributed by atoms with E-state index >= 15 is 0 Å². The van der Waals surface area contributed by atoms with Gasteiger partial charge in [-0.2, -0.15) is 8.42 Å². The van der Waals surface area contributed by atoms with Gasteiger partial charge < -0.3 is 20.3 Å². The number of nitrogens with zero attached hydrogens (tertiary/aromatic N) is 4. The summed E-state index contributed by atoms with van der Waals surface area (Å²) >= 11 is 0. The molecule has 11 nitrogen and oxygen atoms in total. The van der Waals surface area contributed by atoms with E-state index in [4.69, 9.17) is 8.92 Å². The molecule has 3 N–H and O–H groups in total. The van der Waals surface area contributed by atoms with Gasteiger partial charge in [0, 0.05) is 6.54 Å². The lowest BCUT2D eigenvalue weighted by Gasteiger charge is -2.16. The highest BCUT2D eigenvalue weighted by Gasteiger charge is 2.45. The molecule has 0 radical (unpaired) electrons. The lowest BCUT2D eigenvalue weighted by molar-refractivity contribution is -0.0467. The molecule has 5 rings (SSSR count). The maximum atomic E-state index is 12.5. The zero-order valence-electron chi connectivity index (χ0n) is 19.3. The molecule has 0 saturated carbocycles. The Morgan fingerprint density at radius 2 is 1.78 bits per heavy atom. The van der Waals surface area contributed by atoms with E-state index in [9.17, 15) is 18.6 Å². The van der Waals surface area contributed by atoms with Crippen LogP contribution in [0.5, 0.6) is 0 Å². The van der Waals surface area contributed by atoms with Gasteiger partial charge in [-0.1, -0.05) is 48.0 Å². The molecule has 36 heavy (non-hydrogen) atoms. The number of aliphatic hydroxyl groups is 2. The summed E-state index contributed by atoms with van der Waals surface area (Å²) in [6, 6.07) is 16.0. The first-order chi connectivity index (χ1) is 17.3. The number of aliphatic hydroxyl groups excluding tert-OH is 2. The van der Waals surface area contributed by atoms with Crippen molar-refractivity contribution in [1.82, 2.24) is 19.5 Å². The van der Waals surface area contributed by atoms with Gasteiger partial charge in [0.15, 0.2) is 23.2 Å². The minimum Gasteiger partial charge on any atom is -0.387 e. The van der Waals surface area contributed by atoms with Gasteiger partial charge in [0.1, 0.15) is 24.6 Å². The van der Waals surface area contributed by atoms with Crippen LogP contribution in [0.4, 0.5) is 5.82 Å². The third-order valence-corrected chi connectivity index (χ3v) is 7.27. The molecule has 1 fully saturated rings. The normalized spacial score (nSPS) is 22.2. The fraction of sp³-hybridized carbons (Fsp3) is 0.292. The average Bonchev–Trinajstić information content (AvgIpc) is 3.43. The number of imidazole rings is 1. The Morgan fingerprint density at radius 1 is 1.03 bits per heavy atom. The minimum absolute atomic E-state index is 0.00878. The second-order valence-electron chi connectivity index (χ2n) is 8.48. The fourth-order valence-electron chi connectivity index (χ4n) is 3.98. The van der Waals surface area contributed by atoms with Gasteiger partial charge in [-0.25, -0.2) is 15.0 Å². The maximum Gasteiger partial charge on any atom is 0.297 e. The molecule has 3 heterocycles.